The average Bonchev–Trinajstić information content (AvgIpc) is 3.35. The Morgan fingerprint density at radius 1 is 0.290 bits per heavy atom. The number of ether oxygens (including phenoxy) is 3. The molecule has 0 bridgehead atoms. The van der Waals surface area contributed by atoms with E-state index in [1.165, 1.54) is 205 Å². The lowest BCUT2D eigenvalue weighted by molar-refractivity contribution is -0.167. The summed E-state index contributed by atoms with van der Waals surface area (Å²) >= 11 is 0. The van der Waals surface area contributed by atoms with Crippen molar-refractivity contribution in [1.82, 2.24) is 0 Å². The van der Waals surface area contributed by atoms with E-state index in [-0.39, 0.29) is 31.1 Å². The summed E-state index contributed by atoms with van der Waals surface area (Å²) in [7, 11) is 0. The molecule has 0 aromatic rings. The lowest BCUT2D eigenvalue weighted by Crippen LogP contribution is -2.30. The number of hydrogen-bond acceptors (Lipinski definition) is 6. The zero-order valence-electron chi connectivity index (χ0n) is 46.1. The number of hydrogen-bond donors (Lipinski definition) is 0. The molecular formula is C63H114O6. The Kier molecular flexibility index (Phi) is 55.7. The number of carbonyl (C=O) groups is 3. The van der Waals surface area contributed by atoms with E-state index in [0.717, 1.165) is 70.6 Å². The minimum Gasteiger partial charge on any atom is -0.462 e. The molecule has 69 heavy (non-hydrogen) atoms. The van der Waals surface area contributed by atoms with Crippen LogP contribution in [0.1, 0.15) is 316 Å². The van der Waals surface area contributed by atoms with E-state index in [1.54, 1.807) is 0 Å². The van der Waals surface area contributed by atoms with Gasteiger partial charge in [0.25, 0.3) is 0 Å². The Hall–Kier alpha value is -2.63. The molecule has 1 unspecified atom stereocenters. The molecule has 6 heteroatoms. The third-order valence-corrected chi connectivity index (χ3v) is 13.3. The van der Waals surface area contributed by atoms with Crippen LogP contribution in [0.4, 0.5) is 0 Å². The molecule has 0 heterocycles. The summed E-state index contributed by atoms with van der Waals surface area (Å²) in [5.41, 5.74) is 0. The molecule has 0 saturated carbocycles. The number of rotatable bonds is 55. The quantitative estimate of drug-likeness (QED) is 0.0262. The van der Waals surface area contributed by atoms with Crippen LogP contribution in [-0.2, 0) is 28.6 Å². The van der Waals surface area contributed by atoms with Crippen molar-refractivity contribution in [3.05, 3.63) is 48.6 Å². The van der Waals surface area contributed by atoms with Crippen LogP contribution in [0.3, 0.4) is 0 Å². The number of carbonyl (C=O) groups excluding carboxylic acids is 3. The van der Waals surface area contributed by atoms with Crippen molar-refractivity contribution in [2.45, 2.75) is 322 Å². The lowest BCUT2D eigenvalue weighted by Gasteiger charge is -2.18. The van der Waals surface area contributed by atoms with Gasteiger partial charge < -0.3 is 14.2 Å². The van der Waals surface area contributed by atoms with Gasteiger partial charge in [-0.05, 0) is 83.5 Å². The third-order valence-electron chi connectivity index (χ3n) is 13.3. The Bertz CT molecular complexity index is 1200. The van der Waals surface area contributed by atoms with Crippen LogP contribution >= 0.6 is 0 Å². The first kappa shape index (κ1) is 66.4. The first-order valence-electron chi connectivity index (χ1n) is 30.1. The van der Waals surface area contributed by atoms with Gasteiger partial charge in [-0.3, -0.25) is 14.4 Å². The van der Waals surface area contributed by atoms with E-state index in [9.17, 15) is 14.4 Å². The van der Waals surface area contributed by atoms with E-state index in [0.29, 0.717) is 19.3 Å². The van der Waals surface area contributed by atoms with Crippen LogP contribution < -0.4 is 0 Å². The Labute approximate surface area is 428 Å². The SMILES string of the molecule is CCCCCCC/C=C\C/C=C\C/C=C\CCCCCCCCCCCCCCC(=O)OCC(COC(=O)CCCCCCCC)OC(=O)CCCCCCCCC/C=C\CCCCCCCCC. The van der Waals surface area contributed by atoms with Crippen molar-refractivity contribution < 1.29 is 28.6 Å². The zero-order chi connectivity index (χ0) is 50.0. The van der Waals surface area contributed by atoms with Gasteiger partial charge >= 0.3 is 17.9 Å². The minimum absolute atomic E-state index is 0.0735. The van der Waals surface area contributed by atoms with Gasteiger partial charge in [0.15, 0.2) is 6.10 Å². The largest absolute Gasteiger partial charge is 0.462 e. The van der Waals surface area contributed by atoms with Crippen LogP contribution in [-0.4, -0.2) is 37.2 Å². The molecule has 0 radical (unpaired) electrons. The summed E-state index contributed by atoms with van der Waals surface area (Å²) in [6, 6.07) is 0. The molecule has 0 aliphatic carbocycles. The second-order valence-corrected chi connectivity index (χ2v) is 20.3. The van der Waals surface area contributed by atoms with Gasteiger partial charge in [-0.1, -0.05) is 262 Å². The third kappa shape index (κ3) is 56.2. The molecule has 0 saturated heterocycles. The molecular weight excluding hydrogens is 853 g/mol. The van der Waals surface area contributed by atoms with E-state index >= 15 is 0 Å². The maximum atomic E-state index is 12.8. The molecule has 0 amide bonds. The second kappa shape index (κ2) is 57.9. The Morgan fingerprint density at radius 2 is 0.522 bits per heavy atom. The lowest BCUT2D eigenvalue weighted by atomic mass is 10.0. The van der Waals surface area contributed by atoms with Crippen molar-refractivity contribution >= 4 is 17.9 Å². The van der Waals surface area contributed by atoms with Gasteiger partial charge in [-0.2, -0.15) is 0 Å². The highest BCUT2D eigenvalue weighted by Crippen LogP contribution is 2.16. The maximum Gasteiger partial charge on any atom is 0.306 e. The van der Waals surface area contributed by atoms with Gasteiger partial charge in [0.05, 0.1) is 0 Å². The predicted octanol–water partition coefficient (Wildman–Crippen LogP) is 20.2. The number of esters is 3. The van der Waals surface area contributed by atoms with Crippen molar-refractivity contribution in [2.24, 2.45) is 0 Å². The van der Waals surface area contributed by atoms with Gasteiger partial charge in [0, 0.05) is 19.3 Å². The summed E-state index contributed by atoms with van der Waals surface area (Å²) < 4.78 is 16.8. The van der Waals surface area contributed by atoms with Crippen LogP contribution in [0.2, 0.25) is 0 Å². The van der Waals surface area contributed by atoms with Crippen molar-refractivity contribution in [3.8, 4) is 0 Å². The maximum absolute atomic E-state index is 12.8. The van der Waals surface area contributed by atoms with E-state index in [1.807, 2.05) is 0 Å². The predicted molar refractivity (Wildman–Crippen MR) is 298 cm³/mol. The van der Waals surface area contributed by atoms with Gasteiger partial charge in [-0.15, -0.1) is 0 Å². The molecule has 1 atom stereocenters. The standard InChI is InChI=1S/C63H114O6/c1-4-7-10-13-16-18-20-22-24-26-28-29-30-31-32-33-34-35-36-38-39-41-43-45-47-50-53-56-62(65)68-59-60(58-67-61(64)55-52-49-15-12-9-6-3)69-63(66)57-54-51-48-46-44-42-40-37-27-25-23-21-19-17-14-11-8-5-2/h20,22,25-28,30-31,60H,4-19,21,23-24,29,32-59H2,1-3H3/b22-20-,27-25-,28-26-,31-30-. The smallest absolute Gasteiger partial charge is 0.306 e. The topological polar surface area (TPSA) is 78.9 Å². The highest BCUT2D eigenvalue weighted by Gasteiger charge is 2.19. The van der Waals surface area contributed by atoms with Crippen molar-refractivity contribution in [1.29, 1.82) is 0 Å². The molecule has 0 fully saturated rings. The molecule has 0 spiro atoms. The van der Waals surface area contributed by atoms with E-state index in [2.05, 4.69) is 69.4 Å². The molecule has 0 aromatic heterocycles. The molecule has 0 aromatic carbocycles. The fourth-order valence-electron chi connectivity index (χ4n) is 8.74. The van der Waals surface area contributed by atoms with Crippen molar-refractivity contribution in [3.63, 3.8) is 0 Å². The first-order valence-corrected chi connectivity index (χ1v) is 30.1. The summed E-state index contributed by atoms with van der Waals surface area (Å²) in [4.78, 5) is 37.9. The zero-order valence-corrected chi connectivity index (χ0v) is 46.1. The van der Waals surface area contributed by atoms with E-state index in [4.69, 9.17) is 14.2 Å². The van der Waals surface area contributed by atoms with Gasteiger partial charge in [-0.25, -0.2) is 0 Å². The van der Waals surface area contributed by atoms with E-state index < -0.39 is 6.10 Å². The molecule has 0 rings (SSSR count). The molecule has 0 aliphatic heterocycles. The summed E-state index contributed by atoms with van der Waals surface area (Å²) in [5, 5.41) is 0. The fourth-order valence-corrected chi connectivity index (χ4v) is 8.74. The molecule has 402 valence electrons. The highest BCUT2D eigenvalue weighted by molar-refractivity contribution is 5.71. The summed E-state index contributed by atoms with van der Waals surface area (Å²) in [5.74, 6) is -0.876. The van der Waals surface area contributed by atoms with Crippen LogP contribution in [0.5, 0.6) is 0 Å². The van der Waals surface area contributed by atoms with Crippen molar-refractivity contribution in [2.75, 3.05) is 13.2 Å². The van der Waals surface area contributed by atoms with Crippen LogP contribution in [0.15, 0.2) is 48.6 Å². The number of allylic oxidation sites excluding steroid dienone is 8. The molecule has 6 nitrogen and oxygen atoms in total. The minimum atomic E-state index is -0.772. The Balaban J connectivity index is 4.08. The summed E-state index contributed by atoms with van der Waals surface area (Å²) in [6.07, 6.45) is 71.4. The average molecular weight is 968 g/mol. The highest BCUT2D eigenvalue weighted by atomic mass is 16.6. The van der Waals surface area contributed by atoms with Crippen LogP contribution in [0, 0.1) is 0 Å². The first-order chi connectivity index (χ1) is 34.0. The normalized spacial score (nSPS) is 12.3. The second-order valence-electron chi connectivity index (χ2n) is 20.3. The number of unbranched alkanes of at least 4 members (excludes halogenated alkanes) is 36. The van der Waals surface area contributed by atoms with Crippen LogP contribution in [0.25, 0.3) is 0 Å². The van der Waals surface area contributed by atoms with Gasteiger partial charge in [0.2, 0.25) is 0 Å². The molecule has 0 aliphatic rings. The molecule has 0 N–H and O–H groups in total. The van der Waals surface area contributed by atoms with Gasteiger partial charge in [0.1, 0.15) is 13.2 Å². The monoisotopic (exact) mass is 967 g/mol. The summed E-state index contributed by atoms with van der Waals surface area (Å²) in [6.45, 7) is 6.59. The fraction of sp³-hybridized carbons (Fsp3) is 0.825. The Morgan fingerprint density at radius 3 is 0.826 bits per heavy atom.